The molecule has 0 spiro atoms. The van der Waals surface area contributed by atoms with Gasteiger partial charge in [-0.3, -0.25) is 4.79 Å². The molecule has 8 heteroatoms. The van der Waals surface area contributed by atoms with Crippen molar-refractivity contribution in [3.05, 3.63) is 83.2 Å². The van der Waals surface area contributed by atoms with Crippen LogP contribution in [-0.4, -0.2) is 28.2 Å². The first-order valence-corrected chi connectivity index (χ1v) is 8.70. The Kier molecular flexibility index (Phi) is 5.84. The fourth-order valence-corrected chi connectivity index (χ4v) is 2.72. The molecule has 1 heterocycles. The van der Waals surface area contributed by atoms with Crippen LogP contribution < -0.4 is 16.4 Å². The normalized spacial score (nSPS) is 10.2. The van der Waals surface area contributed by atoms with Crippen molar-refractivity contribution in [2.75, 3.05) is 16.4 Å². The van der Waals surface area contributed by atoms with Crippen LogP contribution in [-0.2, 0) is 6.54 Å². The lowest BCUT2D eigenvalue weighted by molar-refractivity contribution is 0.0690. The van der Waals surface area contributed by atoms with Gasteiger partial charge in [-0.05, 0) is 48.0 Å². The van der Waals surface area contributed by atoms with Gasteiger partial charge in [0.25, 0.3) is 5.91 Å². The maximum absolute atomic E-state index is 12.7. The van der Waals surface area contributed by atoms with E-state index in [-0.39, 0.29) is 11.6 Å². The molecule has 0 atom stereocenters. The highest BCUT2D eigenvalue weighted by molar-refractivity contribution is 6.08. The molecule has 0 aliphatic heterocycles. The molecule has 0 saturated heterocycles. The lowest BCUT2D eigenvalue weighted by atomic mass is 10.1. The summed E-state index contributed by atoms with van der Waals surface area (Å²) in [6.07, 6.45) is 2.58. The van der Waals surface area contributed by atoms with Crippen molar-refractivity contribution in [2.24, 2.45) is 0 Å². The van der Waals surface area contributed by atoms with Crippen LogP contribution in [0.2, 0.25) is 0 Å². The van der Waals surface area contributed by atoms with E-state index in [1.807, 2.05) is 0 Å². The second kappa shape index (κ2) is 8.66. The lowest BCUT2D eigenvalue weighted by Crippen LogP contribution is -2.15. The minimum absolute atomic E-state index is 0.0405. The van der Waals surface area contributed by atoms with E-state index < -0.39 is 5.97 Å². The summed E-state index contributed by atoms with van der Waals surface area (Å²) in [4.78, 5) is 27.6. The van der Waals surface area contributed by atoms with Crippen molar-refractivity contribution < 1.29 is 14.7 Å². The van der Waals surface area contributed by atoms with Gasteiger partial charge in [0.2, 0.25) is 0 Å². The molecule has 0 radical (unpaired) electrons. The maximum Gasteiger partial charge on any atom is 0.354 e. The van der Waals surface area contributed by atoms with Gasteiger partial charge in [0.05, 0.1) is 5.56 Å². The Hall–Kier alpha value is -4.20. The monoisotopic (exact) mass is 389 g/mol. The van der Waals surface area contributed by atoms with Crippen LogP contribution in [0, 0.1) is 5.41 Å². The van der Waals surface area contributed by atoms with Crippen molar-refractivity contribution in [2.45, 2.75) is 6.54 Å². The van der Waals surface area contributed by atoms with Crippen LogP contribution in [0.25, 0.3) is 0 Å². The van der Waals surface area contributed by atoms with Crippen molar-refractivity contribution in [1.29, 1.82) is 5.41 Å². The lowest BCUT2D eigenvalue weighted by Gasteiger charge is -2.13. The molecule has 6 N–H and O–H groups in total. The van der Waals surface area contributed by atoms with Gasteiger partial charge in [-0.25, -0.2) is 9.78 Å². The molecule has 146 valence electrons. The number of nitrogen functional groups attached to an aromatic ring is 1. The number of amides is 1. The second-order valence-corrected chi connectivity index (χ2v) is 6.20. The standard InChI is InChI=1S/C21H19N5O3/c22-11-14-5-6-15(10-17(14)23)26-20(27)16-3-1-2-4-18(16)25-12-13-7-8-24-19(9-13)21(28)29/h1-11,22,25H,12,23H2,(H,26,27)(H,28,29). The van der Waals surface area contributed by atoms with Crippen molar-refractivity contribution >= 4 is 35.2 Å². The Morgan fingerprint density at radius 2 is 1.93 bits per heavy atom. The number of carboxylic acid groups (broad SMARTS) is 1. The molecule has 0 fully saturated rings. The van der Waals surface area contributed by atoms with Crippen LogP contribution in [0.5, 0.6) is 0 Å². The average Bonchev–Trinajstić information content (AvgIpc) is 2.73. The molecule has 0 saturated carbocycles. The fourth-order valence-electron chi connectivity index (χ4n) is 2.72. The highest BCUT2D eigenvalue weighted by Gasteiger charge is 2.12. The van der Waals surface area contributed by atoms with Gasteiger partial charge in [0.15, 0.2) is 0 Å². The van der Waals surface area contributed by atoms with Gasteiger partial charge in [-0.2, -0.15) is 0 Å². The molecule has 3 aromatic rings. The first-order chi connectivity index (χ1) is 14.0. The minimum Gasteiger partial charge on any atom is -0.477 e. The summed E-state index contributed by atoms with van der Waals surface area (Å²) in [7, 11) is 0. The molecule has 1 amide bonds. The topological polar surface area (TPSA) is 141 Å². The average molecular weight is 389 g/mol. The molecule has 1 aromatic heterocycles. The third kappa shape index (κ3) is 4.75. The smallest absolute Gasteiger partial charge is 0.354 e. The number of nitrogens with two attached hydrogens (primary N) is 1. The molecule has 0 bridgehead atoms. The molecule has 2 aromatic carbocycles. The van der Waals surface area contributed by atoms with E-state index in [0.29, 0.717) is 34.7 Å². The summed E-state index contributed by atoms with van der Waals surface area (Å²) in [6, 6.07) is 15.1. The van der Waals surface area contributed by atoms with Crippen LogP contribution in [0.3, 0.4) is 0 Å². The highest BCUT2D eigenvalue weighted by atomic mass is 16.4. The number of anilines is 3. The van der Waals surface area contributed by atoms with Gasteiger partial charge in [-0.15, -0.1) is 0 Å². The summed E-state index contributed by atoms with van der Waals surface area (Å²) >= 11 is 0. The summed E-state index contributed by atoms with van der Waals surface area (Å²) in [5.74, 6) is -1.42. The van der Waals surface area contributed by atoms with E-state index >= 15 is 0 Å². The molecule has 8 nitrogen and oxygen atoms in total. The van der Waals surface area contributed by atoms with Crippen LogP contribution in [0.4, 0.5) is 17.1 Å². The third-order valence-corrected chi connectivity index (χ3v) is 4.20. The number of carbonyl (C=O) groups excluding carboxylic acids is 1. The first kappa shape index (κ1) is 19.6. The highest BCUT2D eigenvalue weighted by Crippen LogP contribution is 2.21. The largest absolute Gasteiger partial charge is 0.477 e. The molecule has 3 rings (SSSR count). The molecular formula is C21H19N5O3. The summed E-state index contributed by atoms with van der Waals surface area (Å²) in [5.41, 5.74) is 9.06. The number of carboxylic acids is 1. The quantitative estimate of drug-likeness (QED) is 0.310. The zero-order valence-electron chi connectivity index (χ0n) is 15.3. The van der Waals surface area contributed by atoms with E-state index in [0.717, 1.165) is 11.8 Å². The van der Waals surface area contributed by atoms with Crippen molar-refractivity contribution in [3.8, 4) is 0 Å². The summed E-state index contributed by atoms with van der Waals surface area (Å²) in [5, 5.41) is 22.3. The van der Waals surface area contributed by atoms with E-state index in [4.69, 9.17) is 16.2 Å². The summed E-state index contributed by atoms with van der Waals surface area (Å²) < 4.78 is 0. The zero-order valence-corrected chi connectivity index (χ0v) is 15.3. The number of nitrogens with one attached hydrogen (secondary N) is 3. The molecule has 0 aliphatic rings. The third-order valence-electron chi connectivity index (χ3n) is 4.20. The minimum atomic E-state index is -1.10. The Balaban J connectivity index is 1.75. The fraction of sp³-hybridized carbons (Fsp3) is 0.0476. The number of rotatable bonds is 7. The second-order valence-electron chi connectivity index (χ2n) is 6.20. The van der Waals surface area contributed by atoms with Gasteiger partial charge >= 0.3 is 5.97 Å². The van der Waals surface area contributed by atoms with Gasteiger partial charge in [0, 0.05) is 41.6 Å². The maximum atomic E-state index is 12.7. The van der Waals surface area contributed by atoms with E-state index in [1.165, 1.54) is 12.3 Å². The predicted octanol–water partition coefficient (Wildman–Crippen LogP) is 3.22. The van der Waals surface area contributed by atoms with Crippen LogP contribution in [0.15, 0.2) is 60.8 Å². The van der Waals surface area contributed by atoms with Gasteiger partial charge in [-0.1, -0.05) is 12.1 Å². The van der Waals surface area contributed by atoms with E-state index in [2.05, 4.69) is 15.6 Å². The van der Waals surface area contributed by atoms with E-state index in [1.54, 1.807) is 48.5 Å². The first-order valence-electron chi connectivity index (χ1n) is 8.70. The molecule has 0 unspecified atom stereocenters. The Labute approximate surface area is 166 Å². The van der Waals surface area contributed by atoms with Gasteiger partial charge < -0.3 is 26.9 Å². The number of benzene rings is 2. The number of aromatic nitrogens is 1. The van der Waals surface area contributed by atoms with E-state index in [9.17, 15) is 9.59 Å². The molecular weight excluding hydrogens is 370 g/mol. The Morgan fingerprint density at radius 1 is 1.14 bits per heavy atom. The Bertz CT molecular complexity index is 1080. The van der Waals surface area contributed by atoms with Crippen LogP contribution in [0.1, 0.15) is 32.0 Å². The van der Waals surface area contributed by atoms with Crippen molar-refractivity contribution in [3.63, 3.8) is 0 Å². The SMILES string of the molecule is N=Cc1ccc(NC(=O)c2ccccc2NCc2ccnc(C(=O)O)c2)cc1N. The molecule has 29 heavy (non-hydrogen) atoms. The predicted molar refractivity (Wildman–Crippen MR) is 112 cm³/mol. The number of hydrogen-bond donors (Lipinski definition) is 5. The number of para-hydroxylation sites is 1. The summed E-state index contributed by atoms with van der Waals surface area (Å²) in [6.45, 7) is 0.327. The number of carbonyl (C=O) groups is 2. The van der Waals surface area contributed by atoms with Crippen molar-refractivity contribution in [1.82, 2.24) is 4.98 Å². The van der Waals surface area contributed by atoms with Gasteiger partial charge in [0.1, 0.15) is 5.69 Å². The number of aromatic carboxylic acids is 1. The number of pyridine rings is 1. The number of hydrogen-bond acceptors (Lipinski definition) is 6. The Morgan fingerprint density at radius 3 is 2.66 bits per heavy atom. The zero-order chi connectivity index (χ0) is 20.8. The number of nitrogens with zero attached hydrogens (tertiary/aromatic N) is 1. The molecule has 0 aliphatic carbocycles. The van der Waals surface area contributed by atoms with Crippen LogP contribution >= 0.6 is 0 Å².